The van der Waals surface area contributed by atoms with Crippen LogP contribution in [0.3, 0.4) is 0 Å². The molecule has 0 atom stereocenters. The Morgan fingerprint density at radius 3 is 1.66 bits per heavy atom. The van der Waals surface area contributed by atoms with Crippen molar-refractivity contribution in [2.24, 2.45) is 0 Å². The van der Waals surface area contributed by atoms with Crippen molar-refractivity contribution in [3.05, 3.63) is 115 Å². The fourth-order valence-electron chi connectivity index (χ4n) is 5.01. The van der Waals surface area contributed by atoms with Gasteiger partial charge in [0.05, 0.1) is 27.8 Å². The summed E-state index contributed by atoms with van der Waals surface area (Å²) >= 11 is 0. The second kappa shape index (κ2) is 11.4. The number of hydrogen-bond acceptors (Lipinski definition) is 6. The quantitative estimate of drug-likeness (QED) is 0.0900. The van der Waals surface area contributed by atoms with Gasteiger partial charge in [-0.3, -0.25) is 4.55 Å². The van der Waals surface area contributed by atoms with E-state index < -0.39 is 20.1 Å². The number of nitrogens with zero attached hydrogens (tertiary/aromatic N) is 1. The standard InChI is InChI=1S/C33H27N3O6S2/c1-36(2)43(37,38)26-16-12-23(13-17-26)35-25-15-19-28-31(21-25)42-30-20-24(34-22-8-4-3-5-9-22)14-18-27(30)33(28)29-10-6-7-11-32(29)44(39,40)41/h3-21,34-35H,1-2H3/p+1. The van der Waals surface area contributed by atoms with Crippen molar-refractivity contribution < 1.29 is 25.8 Å². The van der Waals surface area contributed by atoms with Crippen LogP contribution in [0.5, 0.6) is 0 Å². The Balaban J connectivity index is 1.49. The minimum atomic E-state index is -4.54. The number of anilines is 4. The zero-order chi connectivity index (χ0) is 31.1. The summed E-state index contributed by atoms with van der Waals surface area (Å²) in [5, 5.41) is 7.92. The van der Waals surface area contributed by atoms with E-state index in [-0.39, 0.29) is 9.79 Å². The summed E-state index contributed by atoms with van der Waals surface area (Å²) in [5.41, 5.74) is 4.86. The lowest BCUT2D eigenvalue weighted by Gasteiger charge is -2.13. The van der Waals surface area contributed by atoms with Crippen LogP contribution in [0.15, 0.2) is 129 Å². The van der Waals surface area contributed by atoms with Crippen LogP contribution in [0, 0.1) is 0 Å². The van der Waals surface area contributed by atoms with Gasteiger partial charge in [0.25, 0.3) is 10.1 Å². The van der Waals surface area contributed by atoms with Crippen molar-refractivity contribution in [1.29, 1.82) is 0 Å². The summed E-state index contributed by atoms with van der Waals surface area (Å²) in [6.07, 6.45) is 0. The Hall–Kier alpha value is -4.81. The molecule has 1 heterocycles. The maximum absolute atomic E-state index is 12.5. The molecular formula is C33H28N3O6S2+. The van der Waals surface area contributed by atoms with Crippen LogP contribution in [0.1, 0.15) is 0 Å². The van der Waals surface area contributed by atoms with Crippen LogP contribution < -0.4 is 10.6 Å². The third-order valence-electron chi connectivity index (χ3n) is 7.14. The van der Waals surface area contributed by atoms with E-state index in [9.17, 15) is 21.4 Å². The zero-order valence-corrected chi connectivity index (χ0v) is 25.4. The second-order valence-corrected chi connectivity index (χ2v) is 13.8. The highest BCUT2D eigenvalue weighted by atomic mass is 32.2. The molecule has 0 radical (unpaired) electrons. The van der Waals surface area contributed by atoms with Gasteiger partial charge in [0.1, 0.15) is 4.90 Å². The van der Waals surface area contributed by atoms with Crippen LogP contribution in [0.4, 0.5) is 22.7 Å². The number of rotatable bonds is 8. The van der Waals surface area contributed by atoms with Gasteiger partial charge < -0.3 is 10.6 Å². The van der Waals surface area contributed by atoms with Crippen molar-refractivity contribution in [2.45, 2.75) is 9.79 Å². The molecule has 0 aliphatic heterocycles. The third kappa shape index (κ3) is 5.73. The molecule has 0 amide bonds. The number of fused-ring (bicyclic) bond motifs is 2. The molecule has 0 spiro atoms. The molecule has 11 heteroatoms. The molecule has 0 aliphatic rings. The highest BCUT2D eigenvalue weighted by Crippen LogP contribution is 2.41. The Morgan fingerprint density at radius 1 is 0.614 bits per heavy atom. The molecule has 0 unspecified atom stereocenters. The van der Waals surface area contributed by atoms with Crippen molar-refractivity contribution in [3.63, 3.8) is 0 Å². The van der Waals surface area contributed by atoms with Gasteiger partial charge in [-0.15, -0.1) is 0 Å². The number of nitrogens with one attached hydrogen (secondary N) is 2. The maximum atomic E-state index is 12.5. The molecule has 1 aromatic heterocycles. The Labute approximate surface area is 255 Å². The molecule has 222 valence electrons. The lowest BCUT2D eigenvalue weighted by Crippen LogP contribution is -2.22. The van der Waals surface area contributed by atoms with E-state index in [1.165, 1.54) is 32.3 Å². The highest BCUT2D eigenvalue weighted by Gasteiger charge is 2.26. The first-order valence-corrected chi connectivity index (χ1v) is 16.4. The minimum Gasteiger partial charge on any atom is -0.355 e. The third-order valence-corrected chi connectivity index (χ3v) is 9.88. The van der Waals surface area contributed by atoms with Gasteiger partial charge in [-0.1, -0.05) is 36.4 Å². The van der Waals surface area contributed by atoms with E-state index in [4.69, 9.17) is 4.42 Å². The topological polar surface area (TPSA) is 127 Å². The Kier molecular flexibility index (Phi) is 7.56. The Bertz CT molecular complexity index is 2240. The average Bonchev–Trinajstić information content (AvgIpc) is 3.00. The van der Waals surface area contributed by atoms with Crippen LogP contribution in [-0.4, -0.2) is 39.8 Å². The molecule has 0 fully saturated rings. The summed E-state index contributed by atoms with van der Waals surface area (Å²) in [4.78, 5) is -0.0367. The molecule has 6 aromatic rings. The summed E-state index contributed by atoms with van der Waals surface area (Å²) < 4.78 is 67.4. The molecule has 0 saturated carbocycles. The van der Waals surface area contributed by atoms with Crippen LogP contribution in [0.25, 0.3) is 33.1 Å². The van der Waals surface area contributed by atoms with Crippen LogP contribution in [-0.2, 0) is 20.1 Å². The highest BCUT2D eigenvalue weighted by molar-refractivity contribution is 7.89. The predicted molar refractivity (Wildman–Crippen MR) is 174 cm³/mol. The monoisotopic (exact) mass is 626 g/mol. The van der Waals surface area contributed by atoms with E-state index in [0.717, 1.165) is 15.7 Å². The van der Waals surface area contributed by atoms with Gasteiger partial charge in [0, 0.05) is 48.0 Å². The summed E-state index contributed by atoms with van der Waals surface area (Å²) in [6.45, 7) is 0. The fraction of sp³-hybridized carbons (Fsp3) is 0.0606. The van der Waals surface area contributed by atoms with Crippen molar-refractivity contribution in [2.75, 3.05) is 24.7 Å². The molecule has 0 bridgehead atoms. The van der Waals surface area contributed by atoms with Gasteiger partial charge in [0.15, 0.2) is 0 Å². The summed E-state index contributed by atoms with van der Waals surface area (Å²) in [6, 6.07) is 33.4. The first-order valence-electron chi connectivity index (χ1n) is 13.5. The normalized spacial score (nSPS) is 12.1. The second-order valence-electron chi connectivity index (χ2n) is 10.3. The lowest BCUT2D eigenvalue weighted by molar-refractivity contribution is 0.483. The minimum absolute atomic E-state index is 0.176. The van der Waals surface area contributed by atoms with Crippen molar-refractivity contribution >= 4 is 64.8 Å². The molecule has 6 rings (SSSR count). The molecular weight excluding hydrogens is 599 g/mol. The largest absolute Gasteiger partial charge is 0.363 e. The van der Waals surface area contributed by atoms with Gasteiger partial charge in [0.2, 0.25) is 10.0 Å². The molecule has 0 aliphatic carbocycles. The van der Waals surface area contributed by atoms with Crippen molar-refractivity contribution in [3.8, 4) is 11.1 Å². The summed E-state index contributed by atoms with van der Waals surface area (Å²) in [5.74, 6) is 0. The van der Waals surface area contributed by atoms with Crippen LogP contribution in [0.2, 0.25) is 0 Å². The lowest BCUT2D eigenvalue weighted by atomic mass is 9.96. The van der Waals surface area contributed by atoms with Gasteiger partial charge in [-0.2, -0.15) is 8.42 Å². The SMILES string of the molecule is CN(C)S(=O)(=O)c1ccc(Nc2ccc3c(-c4ccccc4S(=O)(=O)O)c4ccc(Nc5ccccc5)cc4[o+]c3c2)cc1. The molecule has 9 nitrogen and oxygen atoms in total. The summed E-state index contributed by atoms with van der Waals surface area (Å²) in [7, 11) is -5.14. The molecule has 0 saturated heterocycles. The average molecular weight is 627 g/mol. The first-order chi connectivity index (χ1) is 21.0. The number of sulfonamides is 1. The zero-order valence-electron chi connectivity index (χ0n) is 23.7. The van der Waals surface area contributed by atoms with E-state index in [0.29, 0.717) is 44.4 Å². The van der Waals surface area contributed by atoms with E-state index in [2.05, 4.69) is 10.6 Å². The maximum Gasteiger partial charge on any atom is 0.363 e. The van der Waals surface area contributed by atoms with Gasteiger partial charge in [-0.05, 0) is 66.7 Å². The fourth-order valence-corrected chi connectivity index (χ4v) is 6.61. The van der Waals surface area contributed by atoms with Gasteiger partial charge in [-0.25, -0.2) is 17.1 Å². The van der Waals surface area contributed by atoms with E-state index >= 15 is 0 Å². The predicted octanol–water partition coefficient (Wildman–Crippen LogP) is 7.52. The number of para-hydroxylation sites is 1. The van der Waals surface area contributed by atoms with Gasteiger partial charge >= 0.3 is 11.2 Å². The molecule has 3 N–H and O–H groups in total. The smallest absolute Gasteiger partial charge is 0.355 e. The Morgan fingerprint density at radius 2 is 1.11 bits per heavy atom. The molecule has 44 heavy (non-hydrogen) atoms. The van der Waals surface area contributed by atoms with E-state index in [1.54, 1.807) is 36.4 Å². The van der Waals surface area contributed by atoms with E-state index in [1.807, 2.05) is 60.7 Å². The number of benzene rings is 5. The number of hydrogen-bond donors (Lipinski definition) is 3. The van der Waals surface area contributed by atoms with Crippen LogP contribution >= 0.6 is 0 Å². The van der Waals surface area contributed by atoms with Crippen molar-refractivity contribution in [1.82, 2.24) is 4.31 Å². The first kappa shape index (κ1) is 29.3. The molecule has 5 aromatic carbocycles.